The summed E-state index contributed by atoms with van der Waals surface area (Å²) in [5.74, 6) is 1.51. The number of aryl methyl sites for hydroxylation is 1. The van der Waals surface area contributed by atoms with Crippen molar-refractivity contribution in [1.29, 1.82) is 0 Å². The number of benzene rings is 2. The molecule has 0 saturated heterocycles. The number of nitrogens with one attached hydrogen (secondary N) is 2. The molecule has 0 radical (unpaired) electrons. The summed E-state index contributed by atoms with van der Waals surface area (Å²) in [6.07, 6.45) is 1.55. The van der Waals surface area contributed by atoms with E-state index >= 15 is 0 Å². The van der Waals surface area contributed by atoms with E-state index in [2.05, 4.69) is 20.8 Å². The highest BCUT2D eigenvalue weighted by Crippen LogP contribution is 2.37. The van der Waals surface area contributed by atoms with E-state index in [9.17, 15) is 9.18 Å². The lowest BCUT2D eigenvalue weighted by atomic mass is 10.2. The molecule has 0 aliphatic carbocycles. The topological polar surface area (TPSA) is 108 Å². The lowest BCUT2D eigenvalue weighted by molar-refractivity contribution is 0.262. The third kappa shape index (κ3) is 4.38. The summed E-state index contributed by atoms with van der Waals surface area (Å²) in [6, 6.07) is 10.1. The number of aromatic nitrogens is 2. The molecule has 2 N–H and O–H groups in total. The zero-order valence-corrected chi connectivity index (χ0v) is 17.4. The Morgan fingerprint density at radius 3 is 2.44 bits per heavy atom. The van der Waals surface area contributed by atoms with E-state index < -0.39 is 11.8 Å². The summed E-state index contributed by atoms with van der Waals surface area (Å²) in [5, 5.41) is 9.29. The monoisotopic (exact) mass is 438 g/mol. The van der Waals surface area contributed by atoms with Crippen molar-refractivity contribution in [2.24, 2.45) is 0 Å². The number of hydrogen-bond acceptors (Lipinski definition) is 7. The number of nitrogens with zero attached hydrogens (tertiary/aromatic N) is 2. The van der Waals surface area contributed by atoms with Gasteiger partial charge in [0.1, 0.15) is 11.5 Å². The molecule has 0 aliphatic rings. The molecule has 10 heteroatoms. The maximum absolute atomic E-state index is 14.7. The Bertz CT molecular complexity index is 1290. The molecule has 4 rings (SSSR count). The van der Waals surface area contributed by atoms with Gasteiger partial charge in [-0.1, -0.05) is 5.16 Å². The molecule has 0 aliphatic heterocycles. The Morgan fingerprint density at radius 2 is 1.75 bits per heavy atom. The van der Waals surface area contributed by atoms with E-state index in [-0.39, 0.29) is 17.3 Å². The highest BCUT2D eigenvalue weighted by molar-refractivity contribution is 5.99. The number of rotatable bonds is 6. The largest absolute Gasteiger partial charge is 0.493 e. The number of urea groups is 1. The zero-order valence-electron chi connectivity index (χ0n) is 17.4. The summed E-state index contributed by atoms with van der Waals surface area (Å²) >= 11 is 0. The molecule has 32 heavy (non-hydrogen) atoms. The molecule has 0 fully saturated rings. The number of anilines is 2. The Balaban J connectivity index is 1.54. The van der Waals surface area contributed by atoms with Crippen molar-refractivity contribution in [3.8, 4) is 23.0 Å². The van der Waals surface area contributed by atoms with Gasteiger partial charge in [0.15, 0.2) is 28.9 Å². The van der Waals surface area contributed by atoms with Crippen molar-refractivity contribution in [3.63, 3.8) is 0 Å². The maximum Gasteiger partial charge on any atom is 0.324 e. The number of amides is 2. The van der Waals surface area contributed by atoms with Crippen LogP contribution in [0.5, 0.6) is 23.0 Å². The highest BCUT2D eigenvalue weighted by atomic mass is 19.1. The van der Waals surface area contributed by atoms with Crippen LogP contribution in [0.25, 0.3) is 10.9 Å². The van der Waals surface area contributed by atoms with Gasteiger partial charge in [-0.15, -0.1) is 0 Å². The Labute approximate surface area is 182 Å². The number of carbonyl (C=O) groups is 1. The van der Waals surface area contributed by atoms with Gasteiger partial charge in [0.05, 0.1) is 19.7 Å². The van der Waals surface area contributed by atoms with Crippen molar-refractivity contribution in [1.82, 2.24) is 10.1 Å². The van der Waals surface area contributed by atoms with E-state index in [0.717, 1.165) is 6.07 Å². The van der Waals surface area contributed by atoms with Gasteiger partial charge in [-0.05, 0) is 31.2 Å². The normalized spacial score (nSPS) is 10.6. The Kier molecular flexibility index (Phi) is 5.75. The fraction of sp³-hybridized carbons (Fsp3) is 0.136. The molecule has 2 aromatic heterocycles. The number of pyridine rings is 1. The summed E-state index contributed by atoms with van der Waals surface area (Å²) < 4.78 is 36.0. The molecule has 0 unspecified atom stereocenters. The van der Waals surface area contributed by atoms with Crippen LogP contribution in [-0.4, -0.2) is 30.4 Å². The molecule has 0 spiro atoms. The van der Waals surface area contributed by atoms with Crippen LogP contribution in [0.15, 0.2) is 53.2 Å². The van der Waals surface area contributed by atoms with E-state index in [1.54, 1.807) is 37.4 Å². The standard InChI is InChI=1S/C22H19FN4O5/c1-12-8-21(27-32-12)26-22(28)25-13-4-5-18(15(23)9-13)31-17-6-7-24-16-11-20(30-3)19(29-2)10-14(16)17/h4-11H,1-3H3,(H2,25,26,27,28). The number of methoxy groups -OCH3 is 2. The van der Waals surface area contributed by atoms with Crippen LogP contribution in [0.4, 0.5) is 20.7 Å². The minimum atomic E-state index is -0.662. The number of ether oxygens (including phenoxy) is 3. The van der Waals surface area contributed by atoms with Gasteiger partial charge >= 0.3 is 6.03 Å². The average Bonchev–Trinajstić information content (AvgIpc) is 3.19. The number of carbonyl (C=O) groups excluding carboxylic acids is 1. The molecule has 2 heterocycles. The van der Waals surface area contributed by atoms with E-state index in [0.29, 0.717) is 33.9 Å². The third-order valence-electron chi connectivity index (χ3n) is 4.49. The van der Waals surface area contributed by atoms with Crippen molar-refractivity contribution < 1.29 is 27.9 Å². The second kappa shape index (κ2) is 8.80. The van der Waals surface area contributed by atoms with Crippen LogP contribution in [0, 0.1) is 12.7 Å². The summed E-state index contributed by atoms with van der Waals surface area (Å²) in [5.41, 5.74) is 0.831. The first-order valence-corrected chi connectivity index (χ1v) is 9.46. The van der Waals surface area contributed by atoms with Gasteiger partial charge in [-0.3, -0.25) is 10.3 Å². The molecular weight excluding hydrogens is 419 g/mol. The van der Waals surface area contributed by atoms with Crippen molar-refractivity contribution in [2.45, 2.75) is 6.92 Å². The van der Waals surface area contributed by atoms with Gasteiger partial charge in [-0.25, -0.2) is 9.18 Å². The lowest BCUT2D eigenvalue weighted by Gasteiger charge is -2.13. The SMILES string of the molecule is COc1cc2nccc(Oc3ccc(NC(=O)Nc4cc(C)on4)cc3F)c2cc1OC. The maximum atomic E-state index is 14.7. The van der Waals surface area contributed by atoms with Gasteiger partial charge in [0.25, 0.3) is 0 Å². The molecule has 2 amide bonds. The number of halogens is 1. The molecule has 9 nitrogen and oxygen atoms in total. The van der Waals surface area contributed by atoms with Crippen LogP contribution < -0.4 is 24.8 Å². The third-order valence-corrected chi connectivity index (χ3v) is 4.49. The van der Waals surface area contributed by atoms with Gasteiger partial charge < -0.3 is 24.1 Å². The summed E-state index contributed by atoms with van der Waals surface area (Å²) in [6.45, 7) is 1.70. The predicted molar refractivity (Wildman–Crippen MR) is 115 cm³/mol. The Morgan fingerprint density at radius 1 is 0.969 bits per heavy atom. The first kappa shape index (κ1) is 20.9. The van der Waals surface area contributed by atoms with Gasteiger partial charge in [-0.2, -0.15) is 0 Å². The fourth-order valence-corrected chi connectivity index (χ4v) is 3.02. The average molecular weight is 438 g/mol. The Hall–Kier alpha value is -4.34. The van der Waals surface area contributed by atoms with Crippen LogP contribution in [0.3, 0.4) is 0 Å². The molecular formula is C22H19FN4O5. The van der Waals surface area contributed by atoms with Gasteiger partial charge in [0.2, 0.25) is 0 Å². The molecule has 164 valence electrons. The number of hydrogen-bond donors (Lipinski definition) is 2. The molecule has 2 aromatic carbocycles. The van der Waals surface area contributed by atoms with Crippen molar-refractivity contribution >= 4 is 28.4 Å². The minimum Gasteiger partial charge on any atom is -0.493 e. The second-order valence-electron chi connectivity index (χ2n) is 6.68. The smallest absolute Gasteiger partial charge is 0.324 e. The van der Waals surface area contributed by atoms with Crippen LogP contribution >= 0.6 is 0 Å². The zero-order chi connectivity index (χ0) is 22.7. The van der Waals surface area contributed by atoms with Crippen molar-refractivity contribution in [3.05, 3.63) is 60.2 Å². The second-order valence-corrected chi connectivity index (χ2v) is 6.68. The first-order valence-electron chi connectivity index (χ1n) is 9.46. The fourth-order valence-electron chi connectivity index (χ4n) is 3.02. The number of fused-ring (bicyclic) bond motifs is 1. The predicted octanol–water partition coefficient (Wildman–Crippen LogP) is 5.12. The van der Waals surface area contributed by atoms with E-state index in [1.807, 2.05) is 0 Å². The van der Waals surface area contributed by atoms with Crippen LogP contribution in [-0.2, 0) is 0 Å². The minimum absolute atomic E-state index is 0.0228. The summed E-state index contributed by atoms with van der Waals surface area (Å²) in [4.78, 5) is 16.3. The molecule has 0 atom stereocenters. The van der Waals surface area contributed by atoms with Crippen LogP contribution in [0.1, 0.15) is 5.76 Å². The first-order chi connectivity index (χ1) is 15.5. The highest BCUT2D eigenvalue weighted by Gasteiger charge is 2.14. The van der Waals surface area contributed by atoms with Crippen molar-refractivity contribution in [2.75, 3.05) is 24.9 Å². The lowest BCUT2D eigenvalue weighted by Crippen LogP contribution is -2.19. The molecule has 4 aromatic rings. The van der Waals surface area contributed by atoms with Gasteiger partial charge in [0, 0.05) is 35.5 Å². The summed E-state index contributed by atoms with van der Waals surface area (Å²) in [7, 11) is 3.05. The van der Waals surface area contributed by atoms with E-state index in [4.69, 9.17) is 18.7 Å². The van der Waals surface area contributed by atoms with E-state index in [1.165, 1.54) is 26.4 Å². The molecule has 0 saturated carbocycles. The molecule has 0 bridgehead atoms. The van der Waals surface area contributed by atoms with Crippen LogP contribution in [0.2, 0.25) is 0 Å². The quantitative estimate of drug-likeness (QED) is 0.430.